The molecule has 1 fully saturated rings. The summed E-state index contributed by atoms with van der Waals surface area (Å²) < 4.78 is 13.3. The van der Waals surface area contributed by atoms with Crippen LogP contribution in [0, 0.1) is 11.7 Å². The Kier molecular flexibility index (Phi) is 6.42. The molecule has 0 amide bonds. The molecule has 1 aromatic carbocycles. The first-order valence-corrected chi connectivity index (χ1v) is 7.97. The highest BCUT2D eigenvalue weighted by Gasteiger charge is 2.19. The molecular formula is C16H24ClFN2O. The lowest BCUT2D eigenvalue weighted by Crippen LogP contribution is -2.40. The van der Waals surface area contributed by atoms with Crippen molar-refractivity contribution in [1.82, 2.24) is 10.2 Å². The second-order valence-corrected chi connectivity index (χ2v) is 6.38. The summed E-state index contributed by atoms with van der Waals surface area (Å²) >= 11 is 5.67. The molecule has 0 bridgehead atoms. The normalized spacial score (nSPS) is 18.9. The molecule has 21 heavy (non-hydrogen) atoms. The number of aliphatic hydroxyl groups is 1. The minimum atomic E-state index is -0.359. The van der Waals surface area contributed by atoms with Crippen LogP contribution in [0.25, 0.3) is 0 Å². The Balaban J connectivity index is 1.67. The first-order chi connectivity index (χ1) is 10.0. The lowest BCUT2D eigenvalue weighted by molar-refractivity contribution is 0.0998. The second-order valence-electron chi connectivity index (χ2n) is 5.97. The molecule has 1 heterocycles. The van der Waals surface area contributed by atoms with E-state index in [0.29, 0.717) is 12.5 Å². The van der Waals surface area contributed by atoms with Gasteiger partial charge in [-0.05, 0) is 63.0 Å². The molecule has 2 rings (SSSR count). The van der Waals surface area contributed by atoms with Gasteiger partial charge in [0.05, 0.1) is 11.1 Å². The molecule has 118 valence electrons. The summed E-state index contributed by atoms with van der Waals surface area (Å²) in [5.41, 5.74) is 0.920. The number of benzene rings is 1. The van der Waals surface area contributed by atoms with Gasteiger partial charge < -0.3 is 15.3 Å². The van der Waals surface area contributed by atoms with E-state index in [-0.39, 0.29) is 16.9 Å². The minimum Gasteiger partial charge on any atom is -0.392 e. The van der Waals surface area contributed by atoms with Crippen LogP contribution in [0.4, 0.5) is 4.39 Å². The summed E-state index contributed by atoms with van der Waals surface area (Å²) in [6, 6.07) is 4.94. The number of β-amino-alcohol motifs (C(OH)–C–C–N with tert-alkyl or cyclic N) is 1. The number of aliphatic hydroxyl groups excluding tert-OH is 1. The third kappa shape index (κ3) is 5.55. The molecule has 3 nitrogen and oxygen atoms in total. The van der Waals surface area contributed by atoms with Gasteiger partial charge in [-0.15, -0.1) is 0 Å². The molecule has 0 aromatic heterocycles. The van der Waals surface area contributed by atoms with Crippen molar-refractivity contribution in [3.63, 3.8) is 0 Å². The molecule has 1 atom stereocenters. The van der Waals surface area contributed by atoms with Crippen molar-refractivity contribution >= 4 is 11.6 Å². The fourth-order valence-corrected chi connectivity index (χ4v) is 2.93. The topological polar surface area (TPSA) is 35.5 Å². The van der Waals surface area contributed by atoms with Gasteiger partial charge in [-0.3, -0.25) is 0 Å². The van der Waals surface area contributed by atoms with Gasteiger partial charge in [0, 0.05) is 13.1 Å². The fraction of sp³-hybridized carbons (Fsp3) is 0.625. The van der Waals surface area contributed by atoms with Gasteiger partial charge in [-0.1, -0.05) is 17.7 Å². The highest BCUT2D eigenvalue weighted by atomic mass is 35.5. The Morgan fingerprint density at radius 2 is 2.14 bits per heavy atom. The average molecular weight is 315 g/mol. The number of nitrogens with zero attached hydrogens (tertiary/aromatic N) is 1. The number of piperidine rings is 1. The number of hydrogen-bond acceptors (Lipinski definition) is 3. The summed E-state index contributed by atoms with van der Waals surface area (Å²) in [5, 5.41) is 13.0. The molecule has 1 aliphatic rings. The Hall–Kier alpha value is -0.680. The maximum absolute atomic E-state index is 13.3. The van der Waals surface area contributed by atoms with Crippen LogP contribution in [0.15, 0.2) is 18.2 Å². The highest BCUT2D eigenvalue weighted by Crippen LogP contribution is 2.18. The molecule has 0 radical (unpaired) electrons. The Morgan fingerprint density at radius 3 is 2.76 bits per heavy atom. The van der Waals surface area contributed by atoms with Gasteiger partial charge in [-0.2, -0.15) is 0 Å². The molecule has 0 spiro atoms. The van der Waals surface area contributed by atoms with Crippen LogP contribution in [0.5, 0.6) is 0 Å². The van der Waals surface area contributed by atoms with E-state index in [0.717, 1.165) is 44.6 Å². The minimum absolute atomic E-state index is 0.171. The summed E-state index contributed by atoms with van der Waals surface area (Å²) in [4.78, 5) is 2.32. The van der Waals surface area contributed by atoms with E-state index in [1.165, 1.54) is 6.07 Å². The lowest BCUT2D eigenvalue weighted by atomic mass is 9.96. The molecule has 0 aliphatic carbocycles. The van der Waals surface area contributed by atoms with E-state index in [9.17, 15) is 9.50 Å². The van der Waals surface area contributed by atoms with Crippen molar-refractivity contribution in [2.75, 3.05) is 26.2 Å². The monoisotopic (exact) mass is 314 g/mol. The van der Waals surface area contributed by atoms with Crippen LogP contribution in [0.2, 0.25) is 5.02 Å². The quantitative estimate of drug-likeness (QED) is 0.847. The van der Waals surface area contributed by atoms with Crippen LogP contribution < -0.4 is 5.32 Å². The van der Waals surface area contributed by atoms with Crippen molar-refractivity contribution in [1.29, 1.82) is 0 Å². The third-order valence-corrected chi connectivity index (χ3v) is 4.28. The zero-order valence-electron chi connectivity index (χ0n) is 12.5. The van der Waals surface area contributed by atoms with E-state index in [2.05, 4.69) is 10.2 Å². The maximum atomic E-state index is 13.3. The van der Waals surface area contributed by atoms with Crippen LogP contribution in [0.3, 0.4) is 0 Å². The average Bonchev–Trinajstić information content (AvgIpc) is 2.44. The lowest BCUT2D eigenvalue weighted by Gasteiger charge is -2.32. The highest BCUT2D eigenvalue weighted by molar-refractivity contribution is 6.30. The fourth-order valence-electron chi connectivity index (χ4n) is 2.82. The van der Waals surface area contributed by atoms with E-state index in [1.807, 2.05) is 13.0 Å². The van der Waals surface area contributed by atoms with Crippen molar-refractivity contribution in [3.8, 4) is 0 Å². The zero-order chi connectivity index (χ0) is 15.2. The van der Waals surface area contributed by atoms with Gasteiger partial charge >= 0.3 is 0 Å². The number of nitrogens with one attached hydrogen (secondary N) is 1. The van der Waals surface area contributed by atoms with Crippen LogP contribution >= 0.6 is 11.6 Å². The van der Waals surface area contributed by atoms with Crippen LogP contribution in [-0.2, 0) is 6.54 Å². The van der Waals surface area contributed by atoms with Crippen molar-refractivity contribution in [2.45, 2.75) is 32.4 Å². The number of rotatable bonds is 6. The standard InChI is InChI=1S/C16H24ClFN2O/c1-12(21)11-20-6-4-13(5-7-20)9-19-10-14-2-3-15(17)16(18)8-14/h2-3,8,12-13,19,21H,4-7,9-11H2,1H3/t12-/m0/s1. The molecule has 1 aromatic rings. The molecule has 5 heteroatoms. The van der Waals surface area contributed by atoms with E-state index in [1.54, 1.807) is 6.07 Å². The predicted molar refractivity (Wildman–Crippen MR) is 84.0 cm³/mol. The smallest absolute Gasteiger partial charge is 0.142 e. The van der Waals surface area contributed by atoms with Crippen LogP contribution in [-0.4, -0.2) is 42.3 Å². The summed E-state index contributed by atoms with van der Waals surface area (Å²) in [6.07, 6.45) is 2.04. The van der Waals surface area contributed by atoms with Crippen LogP contribution in [0.1, 0.15) is 25.3 Å². The maximum Gasteiger partial charge on any atom is 0.142 e. The van der Waals surface area contributed by atoms with E-state index in [4.69, 9.17) is 11.6 Å². The number of hydrogen-bond donors (Lipinski definition) is 2. The molecule has 0 unspecified atom stereocenters. The van der Waals surface area contributed by atoms with Gasteiger partial charge in [0.25, 0.3) is 0 Å². The van der Waals surface area contributed by atoms with Crippen molar-refractivity contribution in [2.24, 2.45) is 5.92 Å². The first-order valence-electron chi connectivity index (χ1n) is 7.59. The SMILES string of the molecule is C[C@H](O)CN1CCC(CNCc2ccc(Cl)c(F)c2)CC1. The van der Waals surface area contributed by atoms with Gasteiger partial charge in [0.2, 0.25) is 0 Å². The van der Waals surface area contributed by atoms with E-state index < -0.39 is 0 Å². The number of halogens is 2. The van der Waals surface area contributed by atoms with Gasteiger partial charge in [-0.25, -0.2) is 4.39 Å². The Labute approximate surface area is 131 Å². The first kappa shape index (κ1) is 16.7. The molecule has 0 saturated carbocycles. The summed E-state index contributed by atoms with van der Waals surface area (Å²) in [6.45, 7) is 6.32. The molecular weight excluding hydrogens is 291 g/mol. The summed E-state index contributed by atoms with van der Waals surface area (Å²) in [5.74, 6) is 0.301. The van der Waals surface area contributed by atoms with Crippen molar-refractivity contribution in [3.05, 3.63) is 34.6 Å². The van der Waals surface area contributed by atoms with Gasteiger partial charge in [0.1, 0.15) is 5.82 Å². The number of likely N-dealkylation sites (tertiary alicyclic amines) is 1. The zero-order valence-corrected chi connectivity index (χ0v) is 13.2. The van der Waals surface area contributed by atoms with Gasteiger partial charge in [0.15, 0.2) is 0 Å². The molecule has 2 N–H and O–H groups in total. The second kappa shape index (κ2) is 8.08. The Morgan fingerprint density at radius 1 is 1.43 bits per heavy atom. The predicted octanol–water partition coefficient (Wildman–Crippen LogP) is 2.66. The molecule has 1 aliphatic heterocycles. The summed E-state index contributed by atoms with van der Waals surface area (Å²) in [7, 11) is 0. The third-order valence-electron chi connectivity index (χ3n) is 3.98. The Bertz CT molecular complexity index is 448. The van der Waals surface area contributed by atoms with E-state index >= 15 is 0 Å². The largest absolute Gasteiger partial charge is 0.392 e. The molecule has 1 saturated heterocycles. The van der Waals surface area contributed by atoms with Crippen molar-refractivity contribution < 1.29 is 9.50 Å².